The minimum absolute atomic E-state index is 0.0131. The Kier molecular flexibility index (Phi) is 2.95. The van der Waals surface area contributed by atoms with Crippen LogP contribution in [0.1, 0.15) is 5.56 Å². The first kappa shape index (κ1) is 11.4. The third-order valence-corrected chi connectivity index (χ3v) is 2.17. The predicted molar refractivity (Wildman–Crippen MR) is 56.4 cm³/mol. The zero-order chi connectivity index (χ0) is 12.4. The van der Waals surface area contributed by atoms with Crippen molar-refractivity contribution in [1.82, 2.24) is 9.97 Å². The number of rotatable bonds is 2. The Morgan fingerprint density at radius 2 is 1.88 bits per heavy atom. The third-order valence-electron chi connectivity index (χ3n) is 2.17. The number of nitrogens with one attached hydrogen (secondary N) is 1. The summed E-state index contributed by atoms with van der Waals surface area (Å²) in [6.07, 6.45) is 0.962. The highest BCUT2D eigenvalue weighted by atomic mass is 19.1. The lowest BCUT2D eigenvalue weighted by Crippen LogP contribution is -2.01. The molecule has 1 aromatic heterocycles. The van der Waals surface area contributed by atoms with Gasteiger partial charge in [0, 0.05) is 6.07 Å². The number of hydrogen-bond acceptors (Lipinski definition) is 3. The van der Waals surface area contributed by atoms with Crippen LogP contribution in [0.5, 0.6) is 0 Å². The molecule has 0 unspecified atom stereocenters. The number of hydrogen-bond donors (Lipinski definition) is 1. The number of nitrogens with zero attached hydrogens (tertiary/aromatic N) is 2. The number of aromatic nitrogens is 2. The van der Waals surface area contributed by atoms with Gasteiger partial charge in [-0.15, -0.1) is 0 Å². The van der Waals surface area contributed by atoms with Gasteiger partial charge >= 0.3 is 0 Å². The second-order valence-electron chi connectivity index (χ2n) is 3.40. The maximum atomic E-state index is 13.6. The Labute approximate surface area is 95.3 Å². The molecule has 0 saturated carbocycles. The molecule has 1 heterocycles. The van der Waals surface area contributed by atoms with Crippen LogP contribution in [0.3, 0.4) is 0 Å². The van der Waals surface area contributed by atoms with E-state index >= 15 is 0 Å². The molecule has 1 N–H and O–H groups in total. The maximum Gasteiger partial charge on any atom is 0.218 e. The Morgan fingerprint density at radius 3 is 2.59 bits per heavy atom. The molecule has 0 radical (unpaired) electrons. The lowest BCUT2D eigenvalue weighted by atomic mass is 10.2. The summed E-state index contributed by atoms with van der Waals surface area (Å²) >= 11 is 0. The molecule has 2 aromatic rings. The van der Waals surface area contributed by atoms with Gasteiger partial charge in [-0.2, -0.15) is 4.39 Å². The van der Waals surface area contributed by atoms with E-state index < -0.39 is 17.6 Å². The summed E-state index contributed by atoms with van der Waals surface area (Å²) < 4.78 is 39.8. The average molecular weight is 239 g/mol. The van der Waals surface area contributed by atoms with Crippen LogP contribution in [0.4, 0.5) is 24.7 Å². The van der Waals surface area contributed by atoms with Crippen molar-refractivity contribution < 1.29 is 13.2 Å². The van der Waals surface area contributed by atoms with Crippen LogP contribution in [0, 0.1) is 24.5 Å². The second kappa shape index (κ2) is 4.40. The largest absolute Gasteiger partial charge is 0.335 e. The van der Waals surface area contributed by atoms with Crippen molar-refractivity contribution in [3.63, 3.8) is 0 Å². The van der Waals surface area contributed by atoms with E-state index in [-0.39, 0.29) is 17.1 Å². The monoisotopic (exact) mass is 239 g/mol. The highest BCUT2D eigenvalue weighted by Crippen LogP contribution is 2.24. The van der Waals surface area contributed by atoms with Crippen LogP contribution >= 0.6 is 0 Å². The summed E-state index contributed by atoms with van der Waals surface area (Å²) in [5.41, 5.74) is -0.0773. The average Bonchev–Trinajstić information content (AvgIpc) is 2.30. The van der Waals surface area contributed by atoms with Crippen molar-refractivity contribution in [2.45, 2.75) is 6.92 Å². The molecule has 0 saturated heterocycles. The fourth-order valence-corrected chi connectivity index (χ4v) is 1.30. The van der Waals surface area contributed by atoms with E-state index in [1.54, 1.807) is 0 Å². The Bertz CT molecular complexity index is 558. The van der Waals surface area contributed by atoms with Crippen molar-refractivity contribution in [2.75, 3.05) is 5.32 Å². The first-order chi connectivity index (χ1) is 8.08. The molecule has 0 spiro atoms. The van der Waals surface area contributed by atoms with Gasteiger partial charge in [0.2, 0.25) is 5.95 Å². The fraction of sp³-hybridized carbons (Fsp3) is 0.0909. The van der Waals surface area contributed by atoms with Crippen molar-refractivity contribution in [3.8, 4) is 0 Å². The smallest absolute Gasteiger partial charge is 0.218 e. The normalized spacial score (nSPS) is 10.4. The maximum absolute atomic E-state index is 13.6. The summed E-state index contributed by atoms with van der Waals surface area (Å²) in [5.74, 6) is -2.30. The van der Waals surface area contributed by atoms with Gasteiger partial charge in [0.25, 0.3) is 0 Å². The fourth-order valence-electron chi connectivity index (χ4n) is 1.30. The van der Waals surface area contributed by atoms with E-state index in [2.05, 4.69) is 15.3 Å². The van der Waals surface area contributed by atoms with Gasteiger partial charge in [-0.3, -0.25) is 0 Å². The van der Waals surface area contributed by atoms with E-state index in [4.69, 9.17) is 0 Å². The Morgan fingerprint density at radius 1 is 1.12 bits per heavy atom. The summed E-state index contributed by atoms with van der Waals surface area (Å²) in [7, 11) is 0. The molecule has 0 aliphatic heterocycles. The molecule has 2 rings (SSSR count). The summed E-state index contributed by atoms with van der Waals surface area (Å²) in [6.45, 7) is 1.50. The van der Waals surface area contributed by atoms with E-state index in [0.717, 1.165) is 18.5 Å². The van der Waals surface area contributed by atoms with Gasteiger partial charge in [0.05, 0.1) is 0 Å². The molecular formula is C11H8F3N3. The van der Waals surface area contributed by atoms with Gasteiger partial charge in [-0.1, -0.05) is 6.07 Å². The molecule has 88 valence electrons. The molecule has 17 heavy (non-hydrogen) atoms. The first-order valence-corrected chi connectivity index (χ1v) is 4.77. The SMILES string of the molecule is Cc1ccc(F)c(Nc2cc(F)ncn2)c1F. The molecule has 0 aliphatic rings. The van der Waals surface area contributed by atoms with E-state index in [1.165, 1.54) is 13.0 Å². The molecule has 0 amide bonds. The number of benzene rings is 1. The topological polar surface area (TPSA) is 37.8 Å². The van der Waals surface area contributed by atoms with Crippen LogP contribution in [0.15, 0.2) is 24.5 Å². The molecule has 3 nitrogen and oxygen atoms in total. The van der Waals surface area contributed by atoms with Gasteiger partial charge < -0.3 is 5.32 Å². The third kappa shape index (κ3) is 2.35. The van der Waals surface area contributed by atoms with E-state index in [0.29, 0.717) is 0 Å². The molecule has 6 heteroatoms. The molecule has 1 aromatic carbocycles. The van der Waals surface area contributed by atoms with Crippen molar-refractivity contribution in [1.29, 1.82) is 0 Å². The molecule has 0 bridgehead atoms. The highest BCUT2D eigenvalue weighted by molar-refractivity contribution is 5.58. The predicted octanol–water partition coefficient (Wildman–Crippen LogP) is 2.95. The molecule has 0 fully saturated rings. The van der Waals surface area contributed by atoms with Crippen LogP contribution in [-0.2, 0) is 0 Å². The van der Waals surface area contributed by atoms with E-state index in [9.17, 15) is 13.2 Å². The number of anilines is 2. The van der Waals surface area contributed by atoms with Crippen LogP contribution in [-0.4, -0.2) is 9.97 Å². The first-order valence-electron chi connectivity index (χ1n) is 4.77. The lowest BCUT2D eigenvalue weighted by molar-refractivity contribution is 0.577. The number of aryl methyl sites for hydroxylation is 1. The Hall–Kier alpha value is -2.11. The standard InChI is InChI=1S/C11H8F3N3/c1-6-2-3-7(12)11(10(6)14)17-9-4-8(13)15-5-16-9/h2-5H,1H3,(H,15,16,17). The minimum atomic E-state index is -0.782. The lowest BCUT2D eigenvalue weighted by Gasteiger charge is -2.09. The summed E-state index contributed by atoms with van der Waals surface area (Å²) in [5, 5.41) is 2.38. The molecule has 0 aliphatic carbocycles. The zero-order valence-corrected chi connectivity index (χ0v) is 8.84. The van der Waals surface area contributed by atoms with Gasteiger partial charge in [-0.05, 0) is 18.6 Å². The van der Waals surface area contributed by atoms with Gasteiger partial charge in [-0.25, -0.2) is 18.7 Å². The second-order valence-corrected chi connectivity index (χ2v) is 3.40. The van der Waals surface area contributed by atoms with Gasteiger partial charge in [0.15, 0.2) is 5.82 Å². The summed E-state index contributed by atoms with van der Waals surface area (Å²) in [6, 6.07) is 3.38. The van der Waals surface area contributed by atoms with Crippen LogP contribution in [0.25, 0.3) is 0 Å². The minimum Gasteiger partial charge on any atom is -0.335 e. The van der Waals surface area contributed by atoms with E-state index in [1.807, 2.05) is 0 Å². The van der Waals surface area contributed by atoms with Crippen molar-refractivity contribution in [2.24, 2.45) is 0 Å². The zero-order valence-electron chi connectivity index (χ0n) is 8.84. The molecule has 0 atom stereocenters. The highest BCUT2D eigenvalue weighted by Gasteiger charge is 2.12. The van der Waals surface area contributed by atoms with Gasteiger partial charge in [0.1, 0.15) is 23.6 Å². The quantitative estimate of drug-likeness (QED) is 0.819. The molecular weight excluding hydrogens is 231 g/mol. The van der Waals surface area contributed by atoms with Crippen LogP contribution < -0.4 is 5.32 Å². The van der Waals surface area contributed by atoms with Crippen molar-refractivity contribution in [3.05, 3.63) is 47.7 Å². The number of halogens is 3. The summed E-state index contributed by atoms with van der Waals surface area (Å²) in [4.78, 5) is 6.89. The van der Waals surface area contributed by atoms with Crippen molar-refractivity contribution >= 4 is 11.5 Å². The van der Waals surface area contributed by atoms with Crippen LogP contribution in [0.2, 0.25) is 0 Å². The Balaban J connectivity index is 2.39.